The van der Waals surface area contributed by atoms with E-state index in [0.29, 0.717) is 31.6 Å². The van der Waals surface area contributed by atoms with Gasteiger partial charge in [-0.1, -0.05) is 38.1 Å². The lowest BCUT2D eigenvalue weighted by atomic mass is 10.0. The molecule has 1 fully saturated rings. The molecule has 0 aromatic heterocycles. The maximum Gasteiger partial charge on any atom is 0.234 e. The van der Waals surface area contributed by atoms with E-state index in [-0.39, 0.29) is 23.5 Å². The first-order valence-corrected chi connectivity index (χ1v) is 10.0. The molecule has 1 heterocycles. The van der Waals surface area contributed by atoms with Gasteiger partial charge < -0.3 is 0 Å². The first-order valence-electron chi connectivity index (χ1n) is 8.19. The number of hydrogen-bond donors (Lipinski definition) is 2. The van der Waals surface area contributed by atoms with Gasteiger partial charge in [0, 0.05) is 12.5 Å². The predicted octanol–water partition coefficient (Wildman–Crippen LogP) is 1.94. The highest BCUT2D eigenvalue weighted by Gasteiger charge is 2.23. The second-order valence-corrected chi connectivity index (χ2v) is 8.82. The van der Waals surface area contributed by atoms with Crippen LogP contribution in [0.2, 0.25) is 0 Å². The summed E-state index contributed by atoms with van der Waals surface area (Å²) < 4.78 is 22.7. The zero-order chi connectivity index (χ0) is 16.9. The van der Waals surface area contributed by atoms with Crippen molar-refractivity contribution in [3.05, 3.63) is 35.4 Å². The first-order chi connectivity index (χ1) is 10.9. The van der Waals surface area contributed by atoms with Crippen molar-refractivity contribution in [2.24, 2.45) is 0 Å². The van der Waals surface area contributed by atoms with Gasteiger partial charge in [0.2, 0.25) is 5.91 Å². The molecule has 1 aliphatic rings. The molecule has 0 spiro atoms. The average molecular weight is 338 g/mol. The monoisotopic (exact) mass is 338 g/mol. The molecular weight excluding hydrogens is 312 g/mol. The van der Waals surface area contributed by atoms with E-state index in [9.17, 15) is 13.2 Å². The van der Waals surface area contributed by atoms with Gasteiger partial charge in [-0.25, -0.2) is 13.8 Å². The van der Waals surface area contributed by atoms with Crippen LogP contribution < -0.4 is 10.9 Å². The topological polar surface area (TPSA) is 75.3 Å². The number of sulfone groups is 1. The second-order valence-electron chi connectivity index (χ2n) is 6.51. The molecule has 1 saturated heterocycles. The third-order valence-electron chi connectivity index (χ3n) is 4.26. The van der Waals surface area contributed by atoms with Crippen LogP contribution in [0.15, 0.2) is 24.3 Å². The summed E-state index contributed by atoms with van der Waals surface area (Å²) in [7, 11) is -2.86. The lowest BCUT2D eigenvalue weighted by molar-refractivity contribution is -0.122. The second kappa shape index (κ2) is 7.93. The Morgan fingerprint density at radius 3 is 2.35 bits per heavy atom. The third kappa shape index (κ3) is 5.95. The van der Waals surface area contributed by atoms with Crippen molar-refractivity contribution in [3.8, 4) is 0 Å². The molecule has 0 unspecified atom stereocenters. The van der Waals surface area contributed by atoms with Crippen molar-refractivity contribution in [3.63, 3.8) is 0 Å². The number of amides is 1. The molecule has 0 aliphatic carbocycles. The summed E-state index contributed by atoms with van der Waals surface area (Å²) in [6, 6.07) is 8.41. The van der Waals surface area contributed by atoms with Crippen molar-refractivity contribution < 1.29 is 13.2 Å². The summed E-state index contributed by atoms with van der Waals surface area (Å²) in [6.07, 6.45) is 2.22. The van der Waals surface area contributed by atoms with E-state index in [1.165, 1.54) is 5.56 Å². The van der Waals surface area contributed by atoms with E-state index < -0.39 is 9.84 Å². The minimum atomic E-state index is -2.86. The molecule has 1 aromatic carbocycles. The van der Waals surface area contributed by atoms with Crippen LogP contribution in [0.5, 0.6) is 0 Å². The smallest absolute Gasteiger partial charge is 0.234 e. The standard InChI is InChI=1S/C17H26N2O3S/c1-13(2)15-6-3-14(4-7-15)5-8-17(20)19-18-16-9-11-23(21,22)12-10-16/h3-4,6-7,13,16,18H,5,8-12H2,1-2H3,(H,19,20). The summed E-state index contributed by atoms with van der Waals surface area (Å²) in [6.45, 7) is 4.31. The van der Waals surface area contributed by atoms with Gasteiger partial charge in [-0.15, -0.1) is 0 Å². The average Bonchev–Trinajstić information content (AvgIpc) is 2.52. The lowest BCUT2D eigenvalue weighted by Gasteiger charge is -2.23. The van der Waals surface area contributed by atoms with Crippen LogP contribution in [-0.4, -0.2) is 31.9 Å². The molecule has 23 heavy (non-hydrogen) atoms. The number of carbonyl (C=O) groups is 1. The SMILES string of the molecule is CC(C)c1ccc(CCC(=O)NNC2CCS(=O)(=O)CC2)cc1. The fraction of sp³-hybridized carbons (Fsp3) is 0.588. The van der Waals surface area contributed by atoms with Gasteiger partial charge in [-0.3, -0.25) is 10.2 Å². The molecule has 2 rings (SSSR count). The molecule has 0 saturated carbocycles. The minimum absolute atomic E-state index is 0.0489. The number of hydrogen-bond acceptors (Lipinski definition) is 4. The molecule has 1 aromatic rings. The number of hydrazine groups is 1. The van der Waals surface area contributed by atoms with E-state index in [2.05, 4.69) is 49.0 Å². The number of rotatable bonds is 6. The Bertz CT molecular complexity index is 610. The Kier molecular flexibility index (Phi) is 6.18. The van der Waals surface area contributed by atoms with Crippen LogP contribution in [-0.2, 0) is 21.1 Å². The number of nitrogens with one attached hydrogen (secondary N) is 2. The summed E-state index contributed by atoms with van der Waals surface area (Å²) in [4.78, 5) is 11.9. The molecule has 0 atom stereocenters. The fourth-order valence-corrected chi connectivity index (χ4v) is 4.10. The quantitative estimate of drug-likeness (QED) is 0.777. The van der Waals surface area contributed by atoms with Gasteiger partial charge in [0.15, 0.2) is 0 Å². The van der Waals surface area contributed by atoms with Gasteiger partial charge in [-0.05, 0) is 36.3 Å². The largest absolute Gasteiger partial charge is 0.291 e. The molecule has 1 amide bonds. The molecule has 5 nitrogen and oxygen atoms in total. The van der Waals surface area contributed by atoms with Crippen molar-refractivity contribution >= 4 is 15.7 Å². The zero-order valence-corrected chi connectivity index (χ0v) is 14.7. The lowest BCUT2D eigenvalue weighted by Crippen LogP contribution is -2.47. The van der Waals surface area contributed by atoms with Crippen molar-refractivity contribution in [1.82, 2.24) is 10.9 Å². The van der Waals surface area contributed by atoms with E-state index in [1.54, 1.807) is 0 Å². The normalized spacial score (nSPS) is 18.0. The van der Waals surface area contributed by atoms with E-state index in [0.717, 1.165) is 5.56 Å². The highest BCUT2D eigenvalue weighted by atomic mass is 32.2. The van der Waals surface area contributed by atoms with Crippen LogP contribution in [0.1, 0.15) is 50.2 Å². The summed E-state index contributed by atoms with van der Waals surface area (Å²) in [5.41, 5.74) is 8.10. The maximum absolute atomic E-state index is 11.9. The number of aryl methyl sites for hydroxylation is 1. The molecule has 128 valence electrons. The van der Waals surface area contributed by atoms with Crippen LogP contribution in [0.25, 0.3) is 0 Å². The van der Waals surface area contributed by atoms with Gasteiger partial charge in [0.25, 0.3) is 0 Å². The minimum Gasteiger partial charge on any atom is -0.291 e. The van der Waals surface area contributed by atoms with E-state index in [4.69, 9.17) is 0 Å². The molecule has 0 radical (unpaired) electrons. The van der Waals surface area contributed by atoms with Crippen molar-refractivity contribution in [2.75, 3.05) is 11.5 Å². The Morgan fingerprint density at radius 2 is 1.78 bits per heavy atom. The zero-order valence-electron chi connectivity index (χ0n) is 13.8. The fourth-order valence-electron chi connectivity index (χ4n) is 2.61. The van der Waals surface area contributed by atoms with Crippen LogP contribution in [0, 0.1) is 0 Å². The van der Waals surface area contributed by atoms with Crippen molar-refractivity contribution in [2.45, 2.75) is 51.5 Å². The molecule has 6 heteroatoms. The predicted molar refractivity (Wildman–Crippen MR) is 91.8 cm³/mol. The number of carbonyl (C=O) groups excluding carboxylic acids is 1. The highest BCUT2D eigenvalue weighted by molar-refractivity contribution is 7.91. The van der Waals surface area contributed by atoms with Crippen LogP contribution in [0.3, 0.4) is 0 Å². The third-order valence-corrected chi connectivity index (χ3v) is 5.97. The Balaban J connectivity index is 1.69. The van der Waals surface area contributed by atoms with Crippen LogP contribution >= 0.6 is 0 Å². The van der Waals surface area contributed by atoms with Crippen LogP contribution in [0.4, 0.5) is 0 Å². The summed E-state index contributed by atoms with van der Waals surface area (Å²) >= 11 is 0. The summed E-state index contributed by atoms with van der Waals surface area (Å²) in [5.74, 6) is 0.841. The Morgan fingerprint density at radius 1 is 1.17 bits per heavy atom. The van der Waals surface area contributed by atoms with E-state index in [1.807, 2.05) is 0 Å². The van der Waals surface area contributed by atoms with Gasteiger partial charge >= 0.3 is 0 Å². The highest BCUT2D eigenvalue weighted by Crippen LogP contribution is 2.15. The molecule has 2 N–H and O–H groups in total. The van der Waals surface area contributed by atoms with Crippen molar-refractivity contribution in [1.29, 1.82) is 0 Å². The van der Waals surface area contributed by atoms with Gasteiger partial charge in [-0.2, -0.15) is 0 Å². The molecule has 1 aliphatic heterocycles. The van der Waals surface area contributed by atoms with Gasteiger partial charge in [0.05, 0.1) is 11.5 Å². The Labute approximate surface area is 138 Å². The Hall–Kier alpha value is -1.40. The number of benzene rings is 1. The van der Waals surface area contributed by atoms with E-state index >= 15 is 0 Å². The maximum atomic E-state index is 11.9. The van der Waals surface area contributed by atoms with Gasteiger partial charge in [0.1, 0.15) is 9.84 Å². The first kappa shape index (κ1) is 17.9. The summed E-state index contributed by atoms with van der Waals surface area (Å²) in [5, 5.41) is 0. The molecule has 0 bridgehead atoms. The molecular formula is C17H26N2O3S.